The first-order valence-corrected chi connectivity index (χ1v) is 7.09. The van der Waals surface area contributed by atoms with Crippen molar-refractivity contribution in [2.45, 2.75) is 6.92 Å². The third-order valence-electron chi connectivity index (χ3n) is 3.52. The molecule has 0 radical (unpaired) electrons. The number of nitro groups is 2. The maximum absolute atomic E-state index is 11.1. The summed E-state index contributed by atoms with van der Waals surface area (Å²) in [5.74, 6) is 1.23. The Morgan fingerprint density at radius 3 is 2.56 bits per heavy atom. The van der Waals surface area contributed by atoms with Crippen molar-refractivity contribution < 1.29 is 19.3 Å². The summed E-state index contributed by atoms with van der Waals surface area (Å²) in [6, 6.07) is 8.55. The van der Waals surface area contributed by atoms with Crippen LogP contribution in [0.2, 0.25) is 0 Å². The number of hydrogen-bond donors (Lipinski definition) is 1. The second-order valence-corrected chi connectivity index (χ2v) is 5.09. The quantitative estimate of drug-likeness (QED) is 0.501. The lowest BCUT2D eigenvalue weighted by Gasteiger charge is -2.05. The first-order chi connectivity index (χ1) is 12.0. The molecule has 0 spiro atoms. The van der Waals surface area contributed by atoms with Crippen LogP contribution in [0, 0.1) is 20.2 Å². The Kier molecular flexibility index (Phi) is 4.16. The van der Waals surface area contributed by atoms with Gasteiger partial charge in [-0.25, -0.2) is 0 Å². The molecule has 10 heteroatoms. The predicted molar refractivity (Wildman–Crippen MR) is 88.1 cm³/mol. The van der Waals surface area contributed by atoms with Gasteiger partial charge in [0.05, 0.1) is 21.6 Å². The van der Waals surface area contributed by atoms with Gasteiger partial charge in [0.15, 0.2) is 11.5 Å². The molecule has 2 aromatic rings. The first-order valence-electron chi connectivity index (χ1n) is 7.09. The highest BCUT2D eigenvalue weighted by Crippen LogP contribution is 2.33. The van der Waals surface area contributed by atoms with Crippen molar-refractivity contribution in [2.24, 2.45) is 5.10 Å². The Morgan fingerprint density at radius 1 is 1.08 bits per heavy atom. The van der Waals surface area contributed by atoms with E-state index in [4.69, 9.17) is 9.47 Å². The lowest BCUT2D eigenvalue weighted by Crippen LogP contribution is -2.02. The van der Waals surface area contributed by atoms with Gasteiger partial charge in [0.25, 0.3) is 5.69 Å². The number of benzene rings is 2. The second kappa shape index (κ2) is 6.43. The topological polar surface area (TPSA) is 129 Å². The van der Waals surface area contributed by atoms with Crippen LogP contribution in [-0.2, 0) is 0 Å². The van der Waals surface area contributed by atoms with Crippen LogP contribution in [0.1, 0.15) is 12.5 Å². The van der Waals surface area contributed by atoms with Crippen molar-refractivity contribution in [1.82, 2.24) is 0 Å². The largest absolute Gasteiger partial charge is 0.454 e. The number of fused-ring (bicyclic) bond motifs is 1. The molecular weight excluding hydrogens is 332 g/mol. The lowest BCUT2D eigenvalue weighted by molar-refractivity contribution is -0.393. The van der Waals surface area contributed by atoms with Gasteiger partial charge < -0.3 is 9.47 Å². The molecular formula is C15H12N4O6. The molecule has 0 fully saturated rings. The maximum Gasteiger partial charge on any atom is 0.301 e. The smallest absolute Gasteiger partial charge is 0.301 e. The molecule has 10 nitrogen and oxygen atoms in total. The highest BCUT2D eigenvalue weighted by Gasteiger charge is 2.19. The van der Waals surface area contributed by atoms with Crippen LogP contribution in [0.4, 0.5) is 17.1 Å². The minimum Gasteiger partial charge on any atom is -0.454 e. The molecule has 0 unspecified atom stereocenters. The van der Waals surface area contributed by atoms with Crippen molar-refractivity contribution in [1.29, 1.82) is 0 Å². The first kappa shape index (κ1) is 16.2. The fraction of sp³-hybridized carbons (Fsp3) is 0.133. The van der Waals surface area contributed by atoms with E-state index in [9.17, 15) is 20.2 Å². The number of nitrogens with zero attached hydrogens (tertiary/aromatic N) is 3. The molecule has 1 heterocycles. The number of ether oxygens (including phenoxy) is 2. The van der Waals surface area contributed by atoms with Gasteiger partial charge in [-0.1, -0.05) is 0 Å². The molecule has 0 saturated carbocycles. The van der Waals surface area contributed by atoms with Crippen molar-refractivity contribution in [3.63, 3.8) is 0 Å². The molecule has 0 aliphatic carbocycles. The van der Waals surface area contributed by atoms with Crippen molar-refractivity contribution >= 4 is 22.8 Å². The summed E-state index contributed by atoms with van der Waals surface area (Å²) >= 11 is 0. The lowest BCUT2D eigenvalue weighted by atomic mass is 10.1. The average Bonchev–Trinajstić information content (AvgIpc) is 3.06. The number of nitro benzene ring substituents is 2. The summed E-state index contributed by atoms with van der Waals surface area (Å²) in [5.41, 5.74) is 3.11. The van der Waals surface area contributed by atoms with Gasteiger partial charge in [-0.05, 0) is 31.2 Å². The number of nitrogens with one attached hydrogen (secondary N) is 1. The summed E-state index contributed by atoms with van der Waals surface area (Å²) in [5, 5.41) is 26.0. The van der Waals surface area contributed by atoms with E-state index in [-0.39, 0.29) is 18.2 Å². The molecule has 0 amide bonds. The molecule has 128 valence electrons. The van der Waals surface area contributed by atoms with Gasteiger partial charge in [-0.3, -0.25) is 25.7 Å². The molecule has 0 atom stereocenters. The molecule has 2 aromatic carbocycles. The van der Waals surface area contributed by atoms with Crippen LogP contribution >= 0.6 is 0 Å². The van der Waals surface area contributed by atoms with E-state index < -0.39 is 15.5 Å². The summed E-state index contributed by atoms with van der Waals surface area (Å²) in [6.07, 6.45) is 0. The van der Waals surface area contributed by atoms with E-state index in [0.717, 1.165) is 11.6 Å². The minimum atomic E-state index is -0.708. The van der Waals surface area contributed by atoms with E-state index >= 15 is 0 Å². The zero-order valence-electron chi connectivity index (χ0n) is 13.0. The van der Waals surface area contributed by atoms with Crippen LogP contribution < -0.4 is 14.9 Å². The van der Waals surface area contributed by atoms with Gasteiger partial charge in [0, 0.05) is 11.6 Å². The number of hydrogen-bond acceptors (Lipinski definition) is 8. The normalized spacial score (nSPS) is 12.8. The fourth-order valence-corrected chi connectivity index (χ4v) is 2.21. The monoisotopic (exact) mass is 344 g/mol. The van der Waals surface area contributed by atoms with E-state index in [2.05, 4.69) is 10.5 Å². The van der Waals surface area contributed by atoms with Crippen molar-refractivity contribution in [2.75, 3.05) is 12.2 Å². The third kappa shape index (κ3) is 3.32. The predicted octanol–water partition coefficient (Wildman–Crippen LogP) is 3.07. The number of anilines is 1. The van der Waals surface area contributed by atoms with Gasteiger partial charge >= 0.3 is 5.69 Å². The molecule has 1 N–H and O–H groups in total. The van der Waals surface area contributed by atoms with Crippen LogP contribution in [0.5, 0.6) is 11.5 Å². The zero-order chi connectivity index (χ0) is 18.0. The summed E-state index contributed by atoms with van der Waals surface area (Å²) in [6.45, 7) is 1.87. The SMILES string of the molecule is CC(=NNc1ccc([N+](=O)[O-])cc1[N+](=O)[O-])c1ccc2c(c1)OCO2. The van der Waals surface area contributed by atoms with Crippen molar-refractivity contribution in [3.05, 3.63) is 62.2 Å². The van der Waals surface area contributed by atoms with E-state index in [1.54, 1.807) is 25.1 Å². The average molecular weight is 344 g/mol. The minimum absolute atomic E-state index is 0.0516. The Morgan fingerprint density at radius 2 is 1.84 bits per heavy atom. The van der Waals surface area contributed by atoms with Gasteiger partial charge in [0.1, 0.15) is 5.69 Å². The maximum atomic E-state index is 11.1. The Balaban J connectivity index is 1.85. The second-order valence-electron chi connectivity index (χ2n) is 5.09. The molecule has 25 heavy (non-hydrogen) atoms. The van der Waals surface area contributed by atoms with Gasteiger partial charge in [0.2, 0.25) is 6.79 Å². The highest BCUT2D eigenvalue weighted by molar-refractivity contribution is 5.99. The van der Waals surface area contributed by atoms with Gasteiger partial charge in [-0.2, -0.15) is 5.10 Å². The fourth-order valence-electron chi connectivity index (χ4n) is 2.21. The van der Waals surface area contributed by atoms with E-state index in [0.29, 0.717) is 17.2 Å². The number of non-ortho nitro benzene ring substituents is 1. The number of rotatable bonds is 5. The van der Waals surface area contributed by atoms with E-state index in [1.807, 2.05) is 0 Å². The van der Waals surface area contributed by atoms with E-state index in [1.165, 1.54) is 12.1 Å². The van der Waals surface area contributed by atoms with Gasteiger partial charge in [-0.15, -0.1) is 0 Å². The molecule has 0 aromatic heterocycles. The summed E-state index contributed by atoms with van der Waals surface area (Å²) in [7, 11) is 0. The van der Waals surface area contributed by atoms with Crippen LogP contribution in [-0.4, -0.2) is 22.4 Å². The zero-order valence-corrected chi connectivity index (χ0v) is 13.0. The molecule has 0 bridgehead atoms. The third-order valence-corrected chi connectivity index (χ3v) is 3.52. The summed E-state index contributed by atoms with van der Waals surface area (Å²) < 4.78 is 10.5. The Bertz CT molecular complexity index is 896. The summed E-state index contributed by atoms with van der Waals surface area (Å²) in [4.78, 5) is 20.4. The molecule has 0 saturated heterocycles. The Labute approximate surface area is 141 Å². The Hall–Kier alpha value is -3.69. The van der Waals surface area contributed by atoms with Crippen LogP contribution in [0.3, 0.4) is 0 Å². The number of hydrazone groups is 1. The van der Waals surface area contributed by atoms with Crippen LogP contribution in [0.15, 0.2) is 41.5 Å². The molecule has 3 rings (SSSR count). The van der Waals surface area contributed by atoms with Crippen LogP contribution in [0.25, 0.3) is 0 Å². The highest BCUT2D eigenvalue weighted by atomic mass is 16.7. The standard InChI is InChI=1S/C15H12N4O6/c1-9(10-2-5-14-15(6-10)25-8-24-14)16-17-12-4-3-11(18(20)21)7-13(12)19(22)23/h2-7,17H,8H2,1H3. The van der Waals surface area contributed by atoms with Crippen molar-refractivity contribution in [3.8, 4) is 11.5 Å². The molecule has 1 aliphatic rings. The molecule has 1 aliphatic heterocycles.